The van der Waals surface area contributed by atoms with Crippen molar-refractivity contribution in [1.29, 1.82) is 0 Å². The molecule has 0 bridgehead atoms. The molecule has 0 saturated heterocycles. The zero-order chi connectivity index (χ0) is 21.3. The van der Waals surface area contributed by atoms with Gasteiger partial charge in [-0.05, 0) is 50.7 Å². The summed E-state index contributed by atoms with van der Waals surface area (Å²) in [6.07, 6.45) is 3.60. The van der Waals surface area contributed by atoms with Crippen LogP contribution in [0.15, 0.2) is 12.1 Å². The van der Waals surface area contributed by atoms with E-state index in [2.05, 4.69) is 31.4 Å². The van der Waals surface area contributed by atoms with Crippen LogP contribution in [0.2, 0.25) is 5.02 Å². The molecule has 1 aliphatic rings. The van der Waals surface area contributed by atoms with Crippen LogP contribution in [0.25, 0.3) is 0 Å². The van der Waals surface area contributed by atoms with Crippen LogP contribution >= 0.6 is 11.6 Å². The molecule has 28 heavy (non-hydrogen) atoms. The van der Waals surface area contributed by atoms with Crippen LogP contribution < -0.4 is 16.4 Å². The maximum absolute atomic E-state index is 12.5. The van der Waals surface area contributed by atoms with Crippen LogP contribution in [0.3, 0.4) is 0 Å². The second-order valence-corrected chi connectivity index (χ2v) is 10.1. The van der Waals surface area contributed by atoms with Crippen molar-refractivity contribution in [2.75, 3.05) is 5.32 Å². The molecule has 3 amide bonds. The largest absolute Gasteiger partial charge is 0.506 e. The van der Waals surface area contributed by atoms with Gasteiger partial charge in [0, 0.05) is 16.8 Å². The number of carbonyl (C=O) groups excluding carboxylic acids is 2. The molecule has 156 valence electrons. The lowest BCUT2D eigenvalue weighted by atomic mass is 9.77. The Bertz CT molecular complexity index is 763. The van der Waals surface area contributed by atoms with Gasteiger partial charge in [-0.15, -0.1) is 0 Å². The van der Waals surface area contributed by atoms with Crippen LogP contribution in [0.1, 0.15) is 72.3 Å². The van der Waals surface area contributed by atoms with Gasteiger partial charge in [0.15, 0.2) is 0 Å². The summed E-state index contributed by atoms with van der Waals surface area (Å²) in [4.78, 5) is 24.7. The van der Waals surface area contributed by atoms with E-state index in [0.717, 1.165) is 19.3 Å². The summed E-state index contributed by atoms with van der Waals surface area (Å²) in [5, 5.41) is 16.3. The van der Waals surface area contributed by atoms with E-state index in [9.17, 15) is 14.7 Å². The molecule has 7 heteroatoms. The molecule has 1 fully saturated rings. The normalized spacial score (nSPS) is 16.6. The number of aromatic hydroxyl groups is 1. The van der Waals surface area contributed by atoms with Crippen LogP contribution in [-0.2, 0) is 10.2 Å². The zero-order valence-corrected chi connectivity index (χ0v) is 18.2. The Morgan fingerprint density at radius 1 is 1.18 bits per heavy atom. The van der Waals surface area contributed by atoms with Gasteiger partial charge in [-0.25, -0.2) is 4.79 Å². The number of hydrogen-bond donors (Lipinski definition) is 4. The highest BCUT2D eigenvalue weighted by Gasteiger charge is 2.43. The first-order chi connectivity index (χ1) is 12.8. The van der Waals surface area contributed by atoms with E-state index in [0.29, 0.717) is 24.1 Å². The topological polar surface area (TPSA) is 104 Å². The van der Waals surface area contributed by atoms with E-state index in [-0.39, 0.29) is 22.2 Å². The number of phenolic OH excluding ortho intramolecular Hbond substituents is 1. The van der Waals surface area contributed by atoms with Gasteiger partial charge in [0.2, 0.25) is 5.91 Å². The maximum Gasteiger partial charge on any atom is 0.319 e. The Balaban J connectivity index is 2.27. The Morgan fingerprint density at radius 3 is 2.25 bits per heavy atom. The summed E-state index contributed by atoms with van der Waals surface area (Å²) in [6.45, 7) is 10.3. The van der Waals surface area contributed by atoms with Gasteiger partial charge in [0.1, 0.15) is 5.75 Å². The molecule has 0 spiro atoms. The smallest absolute Gasteiger partial charge is 0.319 e. The van der Waals surface area contributed by atoms with Crippen LogP contribution in [0.5, 0.6) is 5.75 Å². The molecule has 0 atom stereocenters. The molecule has 1 aromatic carbocycles. The highest BCUT2D eigenvalue weighted by molar-refractivity contribution is 6.32. The molecule has 5 N–H and O–H groups in total. The number of primary amides is 1. The molecule has 1 saturated carbocycles. The summed E-state index contributed by atoms with van der Waals surface area (Å²) in [5.74, 6) is -0.634. The van der Waals surface area contributed by atoms with Gasteiger partial charge in [-0.2, -0.15) is 0 Å². The lowest BCUT2D eigenvalue weighted by molar-refractivity contribution is -0.123. The lowest BCUT2D eigenvalue weighted by Gasteiger charge is -2.33. The number of anilines is 1. The minimum absolute atomic E-state index is 0.0577. The molecule has 2 rings (SSSR count). The number of hydrogen-bond acceptors (Lipinski definition) is 3. The molecule has 0 unspecified atom stereocenters. The average molecular weight is 410 g/mol. The second kappa shape index (κ2) is 7.82. The first kappa shape index (κ1) is 22.3. The minimum atomic E-state index is -0.951. The summed E-state index contributed by atoms with van der Waals surface area (Å²) in [6, 6.07) is 2.70. The molecule has 0 radical (unpaired) electrons. The van der Waals surface area contributed by atoms with Gasteiger partial charge in [0.05, 0.1) is 10.4 Å². The Labute approximate surface area is 172 Å². The van der Waals surface area contributed by atoms with E-state index in [1.54, 1.807) is 6.07 Å². The number of amides is 3. The number of benzene rings is 1. The third-order valence-corrected chi connectivity index (χ3v) is 5.48. The Hall–Kier alpha value is -1.95. The van der Waals surface area contributed by atoms with Crippen LogP contribution in [0.4, 0.5) is 10.5 Å². The van der Waals surface area contributed by atoms with Crippen molar-refractivity contribution in [3.63, 3.8) is 0 Å². The van der Waals surface area contributed by atoms with E-state index in [4.69, 9.17) is 17.3 Å². The predicted octanol–water partition coefficient (Wildman–Crippen LogP) is 4.68. The molecule has 0 aliphatic heterocycles. The lowest BCUT2D eigenvalue weighted by Crippen LogP contribution is -2.47. The van der Waals surface area contributed by atoms with Crippen molar-refractivity contribution in [3.8, 4) is 5.75 Å². The standard InChI is InChI=1S/C21H32ClN3O3/c1-19(2,3)12-20(4,5)25-18(28)24-13-10-14(16(26)15(22)11-13)21(17(23)27)8-6-7-9-21/h10-11,26H,6-9,12H2,1-5H3,(H2,23,27)(H2,24,25,28). The van der Waals surface area contributed by atoms with Gasteiger partial charge < -0.3 is 21.5 Å². The number of nitrogens with one attached hydrogen (secondary N) is 2. The average Bonchev–Trinajstić information content (AvgIpc) is 2.98. The zero-order valence-electron chi connectivity index (χ0n) is 17.4. The first-order valence-electron chi connectivity index (χ1n) is 9.68. The van der Waals surface area contributed by atoms with Crippen molar-refractivity contribution in [2.45, 2.75) is 77.7 Å². The number of phenols is 1. The number of urea groups is 1. The monoisotopic (exact) mass is 409 g/mol. The molecule has 0 aromatic heterocycles. The summed E-state index contributed by atoms with van der Waals surface area (Å²) in [7, 11) is 0. The first-order valence-corrected chi connectivity index (χ1v) is 10.1. The summed E-state index contributed by atoms with van der Waals surface area (Å²) < 4.78 is 0. The summed E-state index contributed by atoms with van der Waals surface area (Å²) >= 11 is 6.19. The minimum Gasteiger partial charge on any atom is -0.506 e. The Morgan fingerprint density at radius 2 is 1.75 bits per heavy atom. The fourth-order valence-electron chi connectivity index (χ4n) is 4.50. The molecule has 0 heterocycles. The van der Waals surface area contributed by atoms with Gasteiger partial charge in [-0.1, -0.05) is 45.2 Å². The second-order valence-electron chi connectivity index (χ2n) is 9.71. The van der Waals surface area contributed by atoms with E-state index >= 15 is 0 Å². The van der Waals surface area contributed by atoms with Gasteiger partial charge >= 0.3 is 6.03 Å². The van der Waals surface area contributed by atoms with Gasteiger partial charge in [0.25, 0.3) is 0 Å². The molecule has 1 aromatic rings. The highest BCUT2D eigenvalue weighted by atomic mass is 35.5. The van der Waals surface area contributed by atoms with Crippen LogP contribution in [-0.4, -0.2) is 22.6 Å². The van der Waals surface area contributed by atoms with E-state index in [1.165, 1.54) is 6.07 Å². The SMILES string of the molecule is CC(C)(C)CC(C)(C)NC(=O)Nc1cc(Cl)c(O)c(C2(C(N)=O)CCCC2)c1. The quantitative estimate of drug-likeness (QED) is 0.530. The Kier molecular flexibility index (Phi) is 6.24. The van der Waals surface area contributed by atoms with Crippen molar-refractivity contribution < 1.29 is 14.7 Å². The fraction of sp³-hybridized carbons (Fsp3) is 0.619. The van der Waals surface area contributed by atoms with E-state index in [1.807, 2.05) is 13.8 Å². The number of nitrogens with two attached hydrogens (primary N) is 1. The molecule has 1 aliphatic carbocycles. The third-order valence-electron chi connectivity index (χ3n) is 5.19. The summed E-state index contributed by atoms with van der Waals surface area (Å²) in [5.41, 5.74) is 5.17. The van der Waals surface area contributed by atoms with Crippen molar-refractivity contribution in [2.24, 2.45) is 11.1 Å². The van der Waals surface area contributed by atoms with E-state index < -0.39 is 16.9 Å². The maximum atomic E-state index is 12.5. The van der Waals surface area contributed by atoms with Crippen molar-refractivity contribution in [1.82, 2.24) is 5.32 Å². The number of carbonyl (C=O) groups is 2. The third kappa shape index (κ3) is 5.10. The van der Waals surface area contributed by atoms with Crippen molar-refractivity contribution in [3.05, 3.63) is 22.7 Å². The molecule has 6 nitrogen and oxygen atoms in total. The molecular formula is C21H32ClN3O3. The van der Waals surface area contributed by atoms with Crippen molar-refractivity contribution >= 4 is 29.2 Å². The highest BCUT2D eigenvalue weighted by Crippen LogP contribution is 2.47. The molecular weight excluding hydrogens is 378 g/mol. The fourth-order valence-corrected chi connectivity index (χ4v) is 4.72. The number of rotatable bonds is 5. The van der Waals surface area contributed by atoms with Crippen LogP contribution in [0, 0.1) is 5.41 Å². The van der Waals surface area contributed by atoms with Gasteiger partial charge in [-0.3, -0.25) is 4.79 Å². The number of halogens is 1. The predicted molar refractivity (Wildman–Crippen MR) is 113 cm³/mol.